The van der Waals surface area contributed by atoms with Crippen LogP contribution in [-0.4, -0.2) is 0 Å². The quantitative estimate of drug-likeness (QED) is 0.299. The fourth-order valence-corrected chi connectivity index (χ4v) is 2.28. The van der Waals surface area contributed by atoms with Gasteiger partial charge in [0.15, 0.2) is 0 Å². The lowest BCUT2D eigenvalue weighted by atomic mass is 9.91. The van der Waals surface area contributed by atoms with Crippen LogP contribution in [-0.2, 0) is 0 Å². The number of rotatable bonds is 11. The van der Waals surface area contributed by atoms with Crippen LogP contribution in [0.25, 0.3) is 0 Å². The molecule has 0 aliphatic rings. The van der Waals surface area contributed by atoms with Gasteiger partial charge in [0, 0.05) is 0 Å². The van der Waals surface area contributed by atoms with E-state index in [9.17, 15) is 0 Å². The summed E-state index contributed by atoms with van der Waals surface area (Å²) < 4.78 is 0. The molecule has 0 aliphatic carbocycles. The Hall–Kier alpha value is -0.260. The lowest BCUT2D eigenvalue weighted by molar-refractivity contribution is 0.374. The first-order chi connectivity index (χ1) is 7.70. The number of hydrogen-bond donors (Lipinski definition) is 0. The third-order valence-electron chi connectivity index (χ3n) is 3.61. The molecule has 0 amide bonds. The first kappa shape index (κ1) is 15.7. The molecule has 0 aromatic heterocycles. The van der Waals surface area contributed by atoms with Gasteiger partial charge in [0.1, 0.15) is 0 Å². The largest absolute Gasteiger partial charge is 0.103 e. The van der Waals surface area contributed by atoms with E-state index in [1.54, 1.807) is 0 Å². The van der Waals surface area contributed by atoms with E-state index in [1.807, 2.05) is 6.08 Å². The average molecular weight is 224 g/mol. The second-order valence-corrected chi connectivity index (χ2v) is 5.49. The smallest absolute Gasteiger partial charge is 0.0353 e. The summed E-state index contributed by atoms with van der Waals surface area (Å²) in [5.41, 5.74) is 0. The third kappa shape index (κ3) is 10.3. The summed E-state index contributed by atoms with van der Waals surface area (Å²) in [5.74, 6) is 1.85. The number of hydrogen-bond acceptors (Lipinski definition) is 0. The predicted octanol–water partition coefficient (Wildman–Crippen LogP) is 5.98. The Morgan fingerprint density at radius 3 is 2.19 bits per heavy atom. The van der Waals surface area contributed by atoms with Crippen molar-refractivity contribution in [1.29, 1.82) is 0 Å². The highest BCUT2D eigenvalue weighted by atomic mass is 14.1. The van der Waals surface area contributed by atoms with Crippen LogP contribution in [0.5, 0.6) is 0 Å². The molecular formula is C16H32. The maximum Gasteiger partial charge on any atom is -0.0353 e. The molecule has 0 radical (unpaired) electrons. The predicted molar refractivity (Wildman–Crippen MR) is 75.8 cm³/mol. The molecule has 0 bridgehead atoms. The summed E-state index contributed by atoms with van der Waals surface area (Å²) in [6, 6.07) is 0. The molecule has 0 rings (SSSR count). The lowest BCUT2D eigenvalue weighted by Crippen LogP contribution is -2.02. The second kappa shape index (κ2) is 11.2. The van der Waals surface area contributed by atoms with E-state index < -0.39 is 0 Å². The summed E-state index contributed by atoms with van der Waals surface area (Å²) in [5, 5.41) is 0. The first-order valence-corrected chi connectivity index (χ1v) is 7.31. The Balaban J connectivity index is 3.21. The van der Waals surface area contributed by atoms with E-state index in [4.69, 9.17) is 0 Å². The summed E-state index contributed by atoms with van der Waals surface area (Å²) >= 11 is 0. The van der Waals surface area contributed by atoms with Crippen molar-refractivity contribution in [1.82, 2.24) is 0 Å². The van der Waals surface area contributed by atoms with E-state index in [0.717, 1.165) is 11.8 Å². The standard InChI is InChI=1S/C16H32/c1-5-7-8-9-10-11-12-13-16(4)14-15(3)6-2/h5,15-16H,1,6-14H2,2-4H3. The Labute approximate surface area is 104 Å². The van der Waals surface area contributed by atoms with E-state index in [-0.39, 0.29) is 0 Å². The van der Waals surface area contributed by atoms with Gasteiger partial charge in [0.2, 0.25) is 0 Å². The van der Waals surface area contributed by atoms with E-state index in [0.29, 0.717) is 0 Å². The summed E-state index contributed by atoms with van der Waals surface area (Å²) in [4.78, 5) is 0. The van der Waals surface area contributed by atoms with Crippen molar-refractivity contribution in [3.63, 3.8) is 0 Å². The highest BCUT2D eigenvalue weighted by Crippen LogP contribution is 2.20. The van der Waals surface area contributed by atoms with Gasteiger partial charge in [-0.15, -0.1) is 6.58 Å². The van der Waals surface area contributed by atoms with Crippen LogP contribution < -0.4 is 0 Å². The van der Waals surface area contributed by atoms with Crippen LogP contribution in [0.4, 0.5) is 0 Å². The maximum atomic E-state index is 3.75. The Morgan fingerprint density at radius 1 is 0.938 bits per heavy atom. The van der Waals surface area contributed by atoms with Gasteiger partial charge in [0.05, 0.1) is 0 Å². The van der Waals surface area contributed by atoms with E-state index in [2.05, 4.69) is 27.4 Å². The minimum Gasteiger partial charge on any atom is -0.103 e. The summed E-state index contributed by atoms with van der Waals surface area (Å²) in [7, 11) is 0. The molecule has 0 nitrogen and oxygen atoms in total. The molecule has 0 saturated heterocycles. The van der Waals surface area contributed by atoms with Gasteiger partial charge in [-0.3, -0.25) is 0 Å². The molecule has 0 fully saturated rings. The van der Waals surface area contributed by atoms with Gasteiger partial charge in [0.25, 0.3) is 0 Å². The fraction of sp³-hybridized carbons (Fsp3) is 0.875. The molecule has 96 valence electrons. The van der Waals surface area contributed by atoms with E-state index in [1.165, 1.54) is 57.8 Å². The highest BCUT2D eigenvalue weighted by molar-refractivity contribution is 4.65. The van der Waals surface area contributed by atoms with Crippen molar-refractivity contribution in [3.8, 4) is 0 Å². The SMILES string of the molecule is C=CCCCCCCCC(C)CC(C)CC. The fourth-order valence-electron chi connectivity index (χ4n) is 2.28. The average Bonchev–Trinajstić information content (AvgIpc) is 2.27. The van der Waals surface area contributed by atoms with Gasteiger partial charge < -0.3 is 0 Å². The number of unbranched alkanes of at least 4 members (excludes halogenated alkanes) is 5. The molecule has 2 atom stereocenters. The van der Waals surface area contributed by atoms with Crippen molar-refractivity contribution in [2.24, 2.45) is 11.8 Å². The molecule has 0 N–H and O–H groups in total. The zero-order valence-corrected chi connectivity index (χ0v) is 11.8. The molecule has 16 heavy (non-hydrogen) atoms. The molecule has 0 spiro atoms. The second-order valence-electron chi connectivity index (χ2n) is 5.49. The zero-order chi connectivity index (χ0) is 12.2. The molecule has 0 aliphatic heterocycles. The summed E-state index contributed by atoms with van der Waals surface area (Å²) in [6.07, 6.45) is 14.5. The molecule has 0 aromatic rings. The monoisotopic (exact) mass is 224 g/mol. The van der Waals surface area contributed by atoms with Crippen LogP contribution in [0.1, 0.15) is 78.6 Å². The van der Waals surface area contributed by atoms with Crippen molar-refractivity contribution in [3.05, 3.63) is 12.7 Å². The number of allylic oxidation sites excluding steroid dienone is 1. The molecule has 0 heterocycles. The normalized spacial score (nSPS) is 14.7. The van der Waals surface area contributed by atoms with Gasteiger partial charge in [-0.05, 0) is 31.1 Å². The Bertz CT molecular complexity index is 148. The van der Waals surface area contributed by atoms with Gasteiger partial charge >= 0.3 is 0 Å². The van der Waals surface area contributed by atoms with Crippen molar-refractivity contribution >= 4 is 0 Å². The first-order valence-electron chi connectivity index (χ1n) is 7.31. The van der Waals surface area contributed by atoms with Crippen LogP contribution in [0.15, 0.2) is 12.7 Å². The van der Waals surface area contributed by atoms with Gasteiger partial charge in [-0.1, -0.05) is 65.4 Å². The van der Waals surface area contributed by atoms with Crippen molar-refractivity contribution in [2.75, 3.05) is 0 Å². The van der Waals surface area contributed by atoms with Crippen LogP contribution in [0.3, 0.4) is 0 Å². The molecule has 0 aromatic carbocycles. The molecule has 0 heteroatoms. The van der Waals surface area contributed by atoms with Gasteiger partial charge in [-0.2, -0.15) is 0 Å². The van der Waals surface area contributed by atoms with Crippen LogP contribution in [0, 0.1) is 11.8 Å². The Kier molecular flexibility index (Phi) is 11.0. The third-order valence-corrected chi connectivity index (χ3v) is 3.61. The minimum atomic E-state index is 0.919. The highest BCUT2D eigenvalue weighted by Gasteiger charge is 2.06. The molecular weight excluding hydrogens is 192 g/mol. The van der Waals surface area contributed by atoms with Crippen molar-refractivity contribution < 1.29 is 0 Å². The van der Waals surface area contributed by atoms with Crippen LogP contribution >= 0.6 is 0 Å². The zero-order valence-electron chi connectivity index (χ0n) is 11.8. The van der Waals surface area contributed by atoms with E-state index >= 15 is 0 Å². The van der Waals surface area contributed by atoms with Crippen LogP contribution in [0.2, 0.25) is 0 Å². The topological polar surface area (TPSA) is 0 Å². The lowest BCUT2D eigenvalue weighted by Gasteiger charge is -2.15. The molecule has 0 saturated carbocycles. The van der Waals surface area contributed by atoms with Crippen molar-refractivity contribution in [2.45, 2.75) is 78.6 Å². The maximum absolute atomic E-state index is 3.75. The Morgan fingerprint density at radius 2 is 1.56 bits per heavy atom. The minimum absolute atomic E-state index is 0.919. The van der Waals surface area contributed by atoms with Gasteiger partial charge in [-0.25, -0.2) is 0 Å². The molecule has 2 unspecified atom stereocenters. The summed E-state index contributed by atoms with van der Waals surface area (Å²) in [6.45, 7) is 10.9.